The van der Waals surface area contributed by atoms with Crippen LogP contribution in [0.4, 0.5) is 4.39 Å². The van der Waals surface area contributed by atoms with Crippen molar-refractivity contribution in [2.45, 2.75) is 18.3 Å². The van der Waals surface area contributed by atoms with Crippen molar-refractivity contribution in [2.24, 2.45) is 0 Å². The van der Waals surface area contributed by atoms with Gasteiger partial charge in [-0.15, -0.1) is 23.1 Å². The molecule has 1 aromatic heterocycles. The SMILES string of the molecule is O=C(CCN1C(=O)CSC1c1cccs1)NCc1ccc(F)cc1. The predicted molar refractivity (Wildman–Crippen MR) is 94.1 cm³/mol. The maximum Gasteiger partial charge on any atom is 0.233 e. The Morgan fingerprint density at radius 1 is 1.29 bits per heavy atom. The molecular formula is C17H17FN2O2S2. The molecule has 2 aromatic rings. The molecule has 1 aliphatic rings. The fraction of sp³-hybridized carbons (Fsp3) is 0.294. The van der Waals surface area contributed by atoms with Crippen LogP contribution in [0.5, 0.6) is 0 Å². The molecule has 7 heteroatoms. The molecule has 2 amide bonds. The fourth-order valence-electron chi connectivity index (χ4n) is 2.48. The Labute approximate surface area is 148 Å². The minimum absolute atomic E-state index is 0.0161. The van der Waals surface area contributed by atoms with Crippen molar-refractivity contribution >= 4 is 34.9 Å². The van der Waals surface area contributed by atoms with E-state index >= 15 is 0 Å². The van der Waals surface area contributed by atoms with E-state index in [1.165, 1.54) is 12.1 Å². The van der Waals surface area contributed by atoms with Crippen LogP contribution in [0.15, 0.2) is 41.8 Å². The average molecular weight is 364 g/mol. The van der Waals surface area contributed by atoms with Gasteiger partial charge < -0.3 is 10.2 Å². The second kappa shape index (κ2) is 7.81. The van der Waals surface area contributed by atoms with Gasteiger partial charge in [-0.1, -0.05) is 18.2 Å². The van der Waals surface area contributed by atoms with Gasteiger partial charge in [-0.25, -0.2) is 4.39 Å². The lowest BCUT2D eigenvalue weighted by Crippen LogP contribution is -2.33. The van der Waals surface area contributed by atoms with Gasteiger partial charge in [0.2, 0.25) is 11.8 Å². The summed E-state index contributed by atoms with van der Waals surface area (Å²) in [5.74, 6) is 0.119. The number of nitrogens with zero attached hydrogens (tertiary/aromatic N) is 1. The first-order valence-electron chi connectivity index (χ1n) is 7.59. The summed E-state index contributed by atoms with van der Waals surface area (Å²) in [5, 5.41) is 4.81. The van der Waals surface area contributed by atoms with Crippen molar-refractivity contribution in [1.29, 1.82) is 0 Å². The van der Waals surface area contributed by atoms with Crippen molar-refractivity contribution < 1.29 is 14.0 Å². The molecule has 4 nitrogen and oxygen atoms in total. The topological polar surface area (TPSA) is 49.4 Å². The minimum atomic E-state index is -0.297. The number of hydrogen-bond donors (Lipinski definition) is 1. The minimum Gasteiger partial charge on any atom is -0.352 e. The fourth-order valence-corrected chi connectivity index (χ4v) is 4.67. The summed E-state index contributed by atoms with van der Waals surface area (Å²) in [6, 6.07) is 10.0. The number of nitrogens with one attached hydrogen (secondary N) is 1. The molecule has 0 radical (unpaired) electrons. The van der Waals surface area contributed by atoms with E-state index in [9.17, 15) is 14.0 Å². The van der Waals surface area contributed by atoms with E-state index in [0.717, 1.165) is 10.4 Å². The van der Waals surface area contributed by atoms with Crippen LogP contribution >= 0.6 is 23.1 Å². The average Bonchev–Trinajstić information content (AvgIpc) is 3.22. The van der Waals surface area contributed by atoms with Crippen molar-refractivity contribution in [3.63, 3.8) is 0 Å². The summed E-state index contributed by atoms with van der Waals surface area (Å²) >= 11 is 3.22. The zero-order chi connectivity index (χ0) is 16.9. The number of carbonyl (C=O) groups excluding carboxylic acids is 2. The Kier molecular flexibility index (Phi) is 5.52. The zero-order valence-electron chi connectivity index (χ0n) is 12.9. The summed E-state index contributed by atoms with van der Waals surface area (Å²) in [4.78, 5) is 27.0. The highest BCUT2D eigenvalue weighted by atomic mass is 32.2. The van der Waals surface area contributed by atoms with Crippen LogP contribution in [-0.2, 0) is 16.1 Å². The standard InChI is InChI=1S/C17H17FN2O2S2/c18-13-5-3-12(4-6-13)10-19-15(21)7-8-20-16(22)11-24-17(20)14-2-1-9-23-14/h1-6,9,17H,7-8,10-11H2,(H,19,21). The summed E-state index contributed by atoms with van der Waals surface area (Å²) in [7, 11) is 0. The van der Waals surface area contributed by atoms with Crippen molar-refractivity contribution in [2.75, 3.05) is 12.3 Å². The van der Waals surface area contributed by atoms with Gasteiger partial charge in [-0.05, 0) is 29.1 Å². The Morgan fingerprint density at radius 3 is 2.79 bits per heavy atom. The molecule has 1 N–H and O–H groups in total. The third-order valence-corrected chi connectivity index (χ3v) is 6.05. The van der Waals surface area contributed by atoms with Gasteiger partial charge in [0.1, 0.15) is 11.2 Å². The molecule has 0 bridgehead atoms. The Balaban J connectivity index is 1.49. The monoisotopic (exact) mass is 364 g/mol. The van der Waals surface area contributed by atoms with Crippen LogP contribution in [0.3, 0.4) is 0 Å². The largest absolute Gasteiger partial charge is 0.352 e. The number of amides is 2. The number of carbonyl (C=O) groups is 2. The normalized spacial score (nSPS) is 17.3. The second-order valence-corrected chi connectivity index (χ2v) is 7.47. The van der Waals surface area contributed by atoms with E-state index in [2.05, 4.69) is 5.32 Å². The lowest BCUT2D eigenvalue weighted by molar-refractivity contribution is -0.129. The molecule has 0 spiro atoms. The lowest BCUT2D eigenvalue weighted by atomic mass is 10.2. The highest BCUT2D eigenvalue weighted by molar-refractivity contribution is 8.00. The van der Waals surface area contributed by atoms with E-state index in [1.807, 2.05) is 17.5 Å². The quantitative estimate of drug-likeness (QED) is 0.857. The van der Waals surface area contributed by atoms with Gasteiger partial charge >= 0.3 is 0 Å². The van der Waals surface area contributed by atoms with Crippen LogP contribution in [0.2, 0.25) is 0 Å². The lowest BCUT2D eigenvalue weighted by Gasteiger charge is -2.22. The number of rotatable bonds is 6. The third kappa shape index (κ3) is 4.15. The Hall–Kier alpha value is -1.86. The van der Waals surface area contributed by atoms with Crippen LogP contribution in [-0.4, -0.2) is 29.0 Å². The molecule has 1 saturated heterocycles. The first-order chi connectivity index (χ1) is 11.6. The van der Waals surface area contributed by atoms with Gasteiger partial charge in [0, 0.05) is 24.4 Å². The van der Waals surface area contributed by atoms with Gasteiger partial charge in [0.25, 0.3) is 0 Å². The first kappa shape index (κ1) is 17.0. The summed E-state index contributed by atoms with van der Waals surface area (Å²) in [6.07, 6.45) is 0.259. The summed E-state index contributed by atoms with van der Waals surface area (Å²) in [5.41, 5.74) is 0.842. The molecule has 1 atom stereocenters. The molecule has 1 aromatic carbocycles. The Bertz CT molecular complexity index is 704. The van der Waals surface area contributed by atoms with E-state index in [1.54, 1.807) is 40.1 Å². The van der Waals surface area contributed by atoms with Gasteiger partial charge in [-0.2, -0.15) is 0 Å². The van der Waals surface area contributed by atoms with Crippen LogP contribution in [0, 0.1) is 5.82 Å². The summed E-state index contributed by atoms with van der Waals surface area (Å²) < 4.78 is 12.8. The number of thiophene rings is 1. The highest BCUT2D eigenvalue weighted by Crippen LogP contribution is 2.40. The number of halogens is 1. The predicted octanol–water partition coefficient (Wildman–Crippen LogP) is 3.17. The van der Waals surface area contributed by atoms with Gasteiger partial charge in [0.15, 0.2) is 0 Å². The third-order valence-electron chi connectivity index (χ3n) is 3.74. The Morgan fingerprint density at radius 2 is 2.08 bits per heavy atom. The number of hydrogen-bond acceptors (Lipinski definition) is 4. The van der Waals surface area contributed by atoms with Gasteiger partial charge in [0.05, 0.1) is 5.75 Å². The van der Waals surface area contributed by atoms with Gasteiger partial charge in [-0.3, -0.25) is 9.59 Å². The molecule has 1 aliphatic heterocycles. The maximum atomic E-state index is 12.8. The smallest absolute Gasteiger partial charge is 0.233 e. The second-order valence-electron chi connectivity index (χ2n) is 5.42. The van der Waals surface area contributed by atoms with E-state index in [4.69, 9.17) is 0 Å². The van der Waals surface area contributed by atoms with E-state index in [-0.39, 0.29) is 29.4 Å². The van der Waals surface area contributed by atoms with E-state index in [0.29, 0.717) is 18.8 Å². The molecular weight excluding hydrogens is 347 g/mol. The molecule has 0 aliphatic carbocycles. The first-order valence-corrected chi connectivity index (χ1v) is 9.52. The number of thioether (sulfide) groups is 1. The van der Waals surface area contributed by atoms with E-state index < -0.39 is 0 Å². The van der Waals surface area contributed by atoms with Crippen LogP contribution in [0.1, 0.15) is 22.2 Å². The van der Waals surface area contributed by atoms with Crippen LogP contribution in [0.25, 0.3) is 0 Å². The molecule has 2 heterocycles. The number of benzene rings is 1. The summed E-state index contributed by atoms with van der Waals surface area (Å²) in [6.45, 7) is 0.764. The molecule has 24 heavy (non-hydrogen) atoms. The maximum absolute atomic E-state index is 12.8. The molecule has 0 saturated carbocycles. The van der Waals surface area contributed by atoms with Crippen molar-refractivity contribution in [3.05, 3.63) is 58.0 Å². The molecule has 1 fully saturated rings. The zero-order valence-corrected chi connectivity index (χ0v) is 14.5. The van der Waals surface area contributed by atoms with Crippen LogP contribution < -0.4 is 5.32 Å². The molecule has 3 rings (SSSR count). The van der Waals surface area contributed by atoms with Crippen molar-refractivity contribution in [1.82, 2.24) is 10.2 Å². The molecule has 1 unspecified atom stereocenters. The van der Waals surface area contributed by atoms with Crippen molar-refractivity contribution in [3.8, 4) is 0 Å². The molecule has 126 valence electrons. The highest BCUT2D eigenvalue weighted by Gasteiger charge is 2.33.